The normalized spacial score (nSPS) is 15.2. The second-order valence-corrected chi connectivity index (χ2v) is 10.3. The van der Waals surface area contributed by atoms with Crippen molar-refractivity contribution in [3.05, 3.63) is 87.8 Å². The maximum absolute atomic E-state index is 13.8. The average molecular weight is 561 g/mol. The Bertz CT molecular complexity index is 1580. The number of aliphatic hydroxyl groups excluding tert-OH is 1. The van der Waals surface area contributed by atoms with Crippen LogP contribution < -0.4 is 9.64 Å². The first-order valence-corrected chi connectivity index (χ1v) is 13.7. The van der Waals surface area contributed by atoms with E-state index in [2.05, 4.69) is 11.9 Å². The van der Waals surface area contributed by atoms with Crippen LogP contribution in [0.15, 0.2) is 70.3 Å². The molecule has 2 aromatic carbocycles. The lowest BCUT2D eigenvalue weighted by Gasteiger charge is -2.24. The first kappa shape index (κ1) is 27.1. The van der Waals surface area contributed by atoms with Crippen molar-refractivity contribution >= 4 is 45.1 Å². The van der Waals surface area contributed by atoms with Crippen molar-refractivity contribution in [3.8, 4) is 5.75 Å². The zero-order valence-electron chi connectivity index (χ0n) is 22.3. The number of carbonyl (C=O) groups is 3. The Labute approximate surface area is 234 Å². The molecule has 0 saturated heterocycles. The van der Waals surface area contributed by atoms with Gasteiger partial charge in [-0.15, -0.1) is 0 Å². The van der Waals surface area contributed by atoms with Crippen molar-refractivity contribution in [2.45, 2.75) is 39.2 Å². The molecule has 5 rings (SSSR count). The van der Waals surface area contributed by atoms with Gasteiger partial charge in [0.25, 0.3) is 5.91 Å². The fraction of sp³-hybridized carbons (Fsp3) is 0.267. The Hall–Kier alpha value is -4.44. The van der Waals surface area contributed by atoms with Gasteiger partial charge in [0, 0.05) is 5.39 Å². The van der Waals surface area contributed by atoms with Gasteiger partial charge < -0.3 is 19.0 Å². The number of ether oxygens (including phenoxy) is 2. The van der Waals surface area contributed by atoms with Crippen LogP contribution >= 0.6 is 11.3 Å². The highest BCUT2D eigenvalue weighted by Crippen LogP contribution is 2.44. The summed E-state index contributed by atoms with van der Waals surface area (Å²) in [6.45, 7) is 4.32. The third kappa shape index (κ3) is 4.98. The SMILES string of the molecule is CCCCCOc1ccc(C2C(C(=O)c3cc4ccccc4o3)=C(O)C(=O)N2c2nc(C)c(C(=O)OC)s2)cc1. The van der Waals surface area contributed by atoms with E-state index in [1.165, 1.54) is 12.0 Å². The van der Waals surface area contributed by atoms with E-state index in [4.69, 9.17) is 13.9 Å². The van der Waals surface area contributed by atoms with Gasteiger partial charge in [0.15, 0.2) is 16.7 Å². The van der Waals surface area contributed by atoms with Gasteiger partial charge in [-0.25, -0.2) is 9.78 Å². The maximum Gasteiger partial charge on any atom is 0.350 e. The number of aliphatic hydroxyl groups is 1. The molecular weight excluding hydrogens is 532 g/mol. The third-order valence-corrected chi connectivity index (χ3v) is 7.81. The zero-order valence-corrected chi connectivity index (χ0v) is 23.1. The molecule has 0 fully saturated rings. The van der Waals surface area contributed by atoms with Crippen LogP contribution in [0.5, 0.6) is 5.75 Å². The van der Waals surface area contributed by atoms with Crippen LogP contribution in [-0.4, -0.2) is 41.5 Å². The van der Waals surface area contributed by atoms with Crippen molar-refractivity contribution in [3.63, 3.8) is 0 Å². The Morgan fingerprint density at radius 2 is 1.88 bits per heavy atom. The predicted octanol–water partition coefficient (Wildman–Crippen LogP) is 6.34. The van der Waals surface area contributed by atoms with E-state index >= 15 is 0 Å². The molecule has 10 heteroatoms. The molecule has 0 spiro atoms. The largest absolute Gasteiger partial charge is 0.503 e. The van der Waals surface area contributed by atoms with Crippen LogP contribution in [0.3, 0.4) is 0 Å². The smallest absolute Gasteiger partial charge is 0.350 e. The molecule has 0 saturated carbocycles. The van der Waals surface area contributed by atoms with E-state index in [1.54, 1.807) is 55.5 Å². The summed E-state index contributed by atoms with van der Waals surface area (Å²) in [5.41, 5.74) is 1.27. The summed E-state index contributed by atoms with van der Waals surface area (Å²) in [5.74, 6) is -2.10. The second kappa shape index (κ2) is 11.4. The number of furan rings is 1. The minimum absolute atomic E-state index is 0.0103. The number of fused-ring (bicyclic) bond motifs is 1. The number of hydrogen-bond acceptors (Lipinski definition) is 9. The molecule has 1 atom stereocenters. The van der Waals surface area contributed by atoms with Gasteiger partial charge >= 0.3 is 5.97 Å². The number of methoxy groups -OCH3 is 1. The molecule has 1 N–H and O–H groups in total. The standard InChI is InChI=1S/C30H28N2O7S/c1-4-5-8-15-38-20-13-11-18(12-14-20)24-23(25(33)22-16-19-9-6-7-10-21(19)39-22)26(34)28(35)32(24)30-31-17(2)27(40-30)29(36)37-3/h6-7,9-14,16,24,34H,4-5,8,15H2,1-3H3. The van der Waals surface area contributed by atoms with Crippen LogP contribution in [0.25, 0.3) is 11.0 Å². The molecule has 0 radical (unpaired) electrons. The van der Waals surface area contributed by atoms with Crippen molar-refractivity contribution in [1.82, 2.24) is 4.98 Å². The molecule has 40 heavy (non-hydrogen) atoms. The molecule has 206 valence electrons. The Balaban J connectivity index is 1.56. The number of unbranched alkanes of at least 4 members (excludes halogenated alkanes) is 2. The summed E-state index contributed by atoms with van der Waals surface area (Å²) in [6, 6.07) is 14.7. The summed E-state index contributed by atoms with van der Waals surface area (Å²) < 4.78 is 16.5. The molecule has 1 aliphatic rings. The lowest BCUT2D eigenvalue weighted by Crippen LogP contribution is -2.31. The number of hydrogen-bond donors (Lipinski definition) is 1. The summed E-state index contributed by atoms with van der Waals surface area (Å²) in [5, 5.41) is 11.9. The number of anilines is 1. The monoisotopic (exact) mass is 560 g/mol. The van der Waals surface area contributed by atoms with Crippen LogP contribution in [0.2, 0.25) is 0 Å². The highest BCUT2D eigenvalue weighted by molar-refractivity contribution is 7.17. The molecule has 1 unspecified atom stereocenters. The molecular formula is C30H28N2O7S. The van der Waals surface area contributed by atoms with Crippen LogP contribution in [0.4, 0.5) is 5.13 Å². The van der Waals surface area contributed by atoms with Gasteiger partial charge in [-0.3, -0.25) is 14.5 Å². The fourth-order valence-corrected chi connectivity index (χ4v) is 5.64. The predicted molar refractivity (Wildman–Crippen MR) is 150 cm³/mol. The molecule has 0 bridgehead atoms. The number of carbonyl (C=O) groups excluding carboxylic acids is 3. The molecule has 2 aromatic heterocycles. The first-order valence-electron chi connectivity index (χ1n) is 12.9. The molecule has 3 heterocycles. The van der Waals surface area contributed by atoms with E-state index in [1.807, 2.05) is 6.07 Å². The van der Waals surface area contributed by atoms with Gasteiger partial charge in [-0.1, -0.05) is 61.4 Å². The number of thiazole rings is 1. The Morgan fingerprint density at radius 1 is 1.12 bits per heavy atom. The van der Waals surface area contributed by atoms with Crippen molar-refractivity contribution < 1.29 is 33.4 Å². The van der Waals surface area contributed by atoms with E-state index in [0.29, 0.717) is 34.6 Å². The second-order valence-electron chi connectivity index (χ2n) is 9.34. The minimum Gasteiger partial charge on any atom is -0.503 e. The van der Waals surface area contributed by atoms with Gasteiger partial charge in [0.1, 0.15) is 16.2 Å². The zero-order chi connectivity index (χ0) is 28.4. The summed E-state index contributed by atoms with van der Waals surface area (Å²) in [6.07, 6.45) is 3.08. The lowest BCUT2D eigenvalue weighted by atomic mass is 9.95. The van der Waals surface area contributed by atoms with Crippen molar-refractivity contribution in [1.29, 1.82) is 0 Å². The van der Waals surface area contributed by atoms with Crippen molar-refractivity contribution in [2.75, 3.05) is 18.6 Å². The Morgan fingerprint density at radius 3 is 2.58 bits per heavy atom. The van der Waals surface area contributed by atoms with Gasteiger partial charge in [-0.05, 0) is 43.2 Å². The van der Waals surface area contributed by atoms with Crippen LogP contribution in [0, 0.1) is 6.92 Å². The summed E-state index contributed by atoms with van der Waals surface area (Å²) >= 11 is 0.948. The van der Waals surface area contributed by atoms with E-state index in [9.17, 15) is 19.5 Å². The number of aryl methyl sites for hydroxylation is 1. The average Bonchev–Trinajstić information content (AvgIpc) is 3.64. The number of nitrogens with zero attached hydrogens (tertiary/aromatic N) is 2. The highest BCUT2D eigenvalue weighted by Gasteiger charge is 2.47. The quantitative estimate of drug-likeness (QED) is 0.136. The lowest BCUT2D eigenvalue weighted by molar-refractivity contribution is -0.117. The summed E-state index contributed by atoms with van der Waals surface area (Å²) in [7, 11) is 1.26. The number of amides is 1. The Kier molecular flexibility index (Phi) is 7.70. The number of ketones is 1. The van der Waals surface area contributed by atoms with E-state index in [0.717, 1.165) is 30.6 Å². The van der Waals surface area contributed by atoms with E-state index < -0.39 is 29.5 Å². The third-order valence-electron chi connectivity index (χ3n) is 6.68. The number of esters is 1. The summed E-state index contributed by atoms with van der Waals surface area (Å²) in [4.78, 5) is 45.5. The number of rotatable bonds is 10. The number of para-hydroxylation sites is 1. The highest BCUT2D eigenvalue weighted by atomic mass is 32.1. The molecule has 1 amide bonds. The van der Waals surface area contributed by atoms with Gasteiger partial charge in [0.2, 0.25) is 5.78 Å². The molecule has 9 nitrogen and oxygen atoms in total. The van der Waals surface area contributed by atoms with Crippen molar-refractivity contribution in [2.24, 2.45) is 0 Å². The molecule has 1 aliphatic heterocycles. The van der Waals surface area contributed by atoms with Crippen LogP contribution in [-0.2, 0) is 9.53 Å². The topological polar surface area (TPSA) is 119 Å². The minimum atomic E-state index is -1.03. The fourth-order valence-electron chi connectivity index (χ4n) is 4.63. The van der Waals surface area contributed by atoms with Crippen LogP contribution in [0.1, 0.15) is 63.7 Å². The number of aromatic nitrogens is 1. The maximum atomic E-state index is 13.8. The molecule has 0 aliphatic carbocycles. The number of benzene rings is 2. The molecule has 4 aromatic rings. The van der Waals surface area contributed by atoms with E-state index in [-0.39, 0.29) is 21.3 Å². The van der Waals surface area contributed by atoms with Gasteiger partial charge in [-0.2, -0.15) is 0 Å². The number of Topliss-reactive ketones (excluding diaryl/α,β-unsaturated/α-hetero) is 1. The van der Waals surface area contributed by atoms with Gasteiger partial charge in [0.05, 0.1) is 31.0 Å². The first-order chi connectivity index (χ1) is 19.3.